The van der Waals surface area contributed by atoms with E-state index >= 15 is 0 Å². The summed E-state index contributed by atoms with van der Waals surface area (Å²) in [7, 11) is 0. The lowest BCUT2D eigenvalue weighted by Crippen LogP contribution is -2.41. The second kappa shape index (κ2) is 3.83. The molecule has 0 radical (unpaired) electrons. The van der Waals surface area contributed by atoms with Crippen molar-refractivity contribution in [3.8, 4) is 0 Å². The largest absolute Gasteiger partial charge is 0.465 e. The molecule has 1 saturated heterocycles. The fraction of sp³-hybridized carbons (Fsp3) is 0.467. The highest BCUT2D eigenvalue weighted by molar-refractivity contribution is 5.99. The Labute approximate surface area is 111 Å². The van der Waals surface area contributed by atoms with Crippen LogP contribution in [0.1, 0.15) is 26.7 Å². The number of fused-ring (bicyclic) bond motifs is 2. The quantitative estimate of drug-likeness (QED) is 0.536. The zero-order valence-electron chi connectivity index (χ0n) is 11.1. The van der Waals surface area contributed by atoms with Crippen LogP contribution < -0.4 is 0 Å². The zero-order valence-corrected chi connectivity index (χ0v) is 11.1. The van der Waals surface area contributed by atoms with Crippen molar-refractivity contribution in [1.82, 2.24) is 0 Å². The molecule has 0 amide bonds. The molecule has 19 heavy (non-hydrogen) atoms. The van der Waals surface area contributed by atoms with Gasteiger partial charge in [-0.05, 0) is 13.0 Å². The van der Waals surface area contributed by atoms with Crippen molar-refractivity contribution in [2.45, 2.75) is 32.8 Å². The van der Waals surface area contributed by atoms with E-state index in [1.54, 1.807) is 6.08 Å². The number of ether oxygens (including phenoxy) is 2. The van der Waals surface area contributed by atoms with Crippen molar-refractivity contribution in [2.75, 3.05) is 0 Å². The number of allylic oxidation sites excluding steroid dienone is 3. The van der Waals surface area contributed by atoms with Gasteiger partial charge >= 0.3 is 5.97 Å². The fourth-order valence-corrected chi connectivity index (χ4v) is 2.89. The summed E-state index contributed by atoms with van der Waals surface area (Å²) in [6, 6.07) is 0. The maximum atomic E-state index is 12.3. The highest BCUT2D eigenvalue weighted by Gasteiger charge is 2.52. The molecule has 0 spiro atoms. The predicted molar refractivity (Wildman–Crippen MR) is 67.8 cm³/mol. The van der Waals surface area contributed by atoms with E-state index in [4.69, 9.17) is 9.47 Å². The molecule has 2 heterocycles. The lowest BCUT2D eigenvalue weighted by Gasteiger charge is -2.39. The summed E-state index contributed by atoms with van der Waals surface area (Å²) < 4.78 is 11.1. The average molecular weight is 260 g/mol. The third-order valence-corrected chi connectivity index (χ3v) is 4.23. The summed E-state index contributed by atoms with van der Waals surface area (Å²) in [6.07, 6.45) is 4.23. The van der Waals surface area contributed by atoms with Crippen molar-refractivity contribution >= 4 is 11.8 Å². The van der Waals surface area contributed by atoms with Gasteiger partial charge < -0.3 is 9.47 Å². The van der Waals surface area contributed by atoms with E-state index in [9.17, 15) is 9.59 Å². The van der Waals surface area contributed by atoms with Crippen LogP contribution in [0, 0.1) is 11.3 Å². The Morgan fingerprint density at radius 1 is 1.47 bits per heavy atom. The Morgan fingerprint density at radius 2 is 2.21 bits per heavy atom. The molecule has 0 bridgehead atoms. The second-order valence-electron chi connectivity index (χ2n) is 5.49. The van der Waals surface area contributed by atoms with Crippen LogP contribution in [0.15, 0.2) is 35.8 Å². The number of carbonyl (C=O) groups is 2. The molecular formula is C15H16O4. The molecule has 3 atom stereocenters. The van der Waals surface area contributed by atoms with Crippen LogP contribution in [0.4, 0.5) is 0 Å². The second-order valence-corrected chi connectivity index (χ2v) is 5.49. The number of hydrogen-bond acceptors (Lipinski definition) is 4. The lowest BCUT2D eigenvalue weighted by atomic mass is 9.69. The van der Waals surface area contributed by atoms with Gasteiger partial charge in [0.1, 0.15) is 17.6 Å². The molecule has 2 aliphatic heterocycles. The highest BCUT2D eigenvalue weighted by Crippen LogP contribution is 2.49. The maximum absolute atomic E-state index is 12.3. The molecule has 0 aromatic heterocycles. The van der Waals surface area contributed by atoms with E-state index in [2.05, 4.69) is 6.58 Å². The zero-order chi connectivity index (χ0) is 13.8. The highest BCUT2D eigenvalue weighted by atomic mass is 16.6. The van der Waals surface area contributed by atoms with E-state index in [0.29, 0.717) is 29.9 Å². The van der Waals surface area contributed by atoms with Crippen molar-refractivity contribution in [3.63, 3.8) is 0 Å². The van der Waals surface area contributed by atoms with Gasteiger partial charge in [-0.1, -0.05) is 13.5 Å². The standard InChI is InChI=1S/C15H16O4/c1-4-9-5-12(16)15(3)7-11-10(6-13(15)18-9)8(2)14(17)19-11/h5-6,10-11H,2,4,7H2,1,3H3/t10-,11-,15+/m0/s1. The molecule has 0 aromatic rings. The maximum Gasteiger partial charge on any atom is 0.334 e. The smallest absolute Gasteiger partial charge is 0.334 e. The molecule has 100 valence electrons. The van der Waals surface area contributed by atoms with Gasteiger partial charge in [0.15, 0.2) is 5.78 Å². The van der Waals surface area contributed by atoms with Gasteiger partial charge in [0.05, 0.1) is 5.41 Å². The summed E-state index contributed by atoms with van der Waals surface area (Å²) in [5.41, 5.74) is -0.270. The Bertz CT molecular complexity index is 554. The van der Waals surface area contributed by atoms with Crippen molar-refractivity contribution in [2.24, 2.45) is 11.3 Å². The third kappa shape index (κ3) is 1.59. The number of rotatable bonds is 1. The van der Waals surface area contributed by atoms with Crippen LogP contribution in [0.5, 0.6) is 0 Å². The first kappa shape index (κ1) is 12.2. The van der Waals surface area contributed by atoms with Gasteiger partial charge in [-0.25, -0.2) is 4.79 Å². The van der Waals surface area contributed by atoms with Gasteiger partial charge in [0.25, 0.3) is 0 Å². The SMILES string of the molecule is C=C1C(=O)O[C@H]2C[C@]3(C)C(=O)C=C(CC)OC3=C[C@@H]12. The van der Waals surface area contributed by atoms with Crippen LogP contribution in [0.2, 0.25) is 0 Å². The minimum absolute atomic E-state index is 0.0221. The molecule has 4 heteroatoms. The fourth-order valence-electron chi connectivity index (χ4n) is 2.89. The Balaban J connectivity index is 2.04. The summed E-state index contributed by atoms with van der Waals surface area (Å²) in [4.78, 5) is 23.9. The lowest BCUT2D eigenvalue weighted by molar-refractivity contribution is -0.142. The van der Waals surface area contributed by atoms with Crippen LogP contribution in [0.25, 0.3) is 0 Å². The molecule has 1 fully saturated rings. The molecule has 4 nitrogen and oxygen atoms in total. The molecule has 0 unspecified atom stereocenters. The van der Waals surface area contributed by atoms with Gasteiger partial charge in [0, 0.05) is 30.4 Å². The monoisotopic (exact) mass is 260 g/mol. The van der Waals surface area contributed by atoms with E-state index in [0.717, 1.165) is 0 Å². The topological polar surface area (TPSA) is 52.6 Å². The number of ketones is 1. The van der Waals surface area contributed by atoms with Crippen LogP contribution in [-0.4, -0.2) is 17.9 Å². The first-order valence-electron chi connectivity index (χ1n) is 6.50. The molecule has 3 aliphatic rings. The summed E-state index contributed by atoms with van der Waals surface area (Å²) >= 11 is 0. The molecule has 0 saturated carbocycles. The third-order valence-electron chi connectivity index (χ3n) is 4.23. The van der Waals surface area contributed by atoms with Gasteiger partial charge in [-0.15, -0.1) is 0 Å². The number of hydrogen-bond donors (Lipinski definition) is 0. The van der Waals surface area contributed by atoms with Gasteiger partial charge in [-0.2, -0.15) is 0 Å². The number of esters is 1. The van der Waals surface area contributed by atoms with E-state index in [1.165, 1.54) is 0 Å². The van der Waals surface area contributed by atoms with Crippen molar-refractivity contribution in [3.05, 3.63) is 35.8 Å². The van der Waals surface area contributed by atoms with Crippen LogP contribution >= 0.6 is 0 Å². The van der Waals surface area contributed by atoms with Crippen molar-refractivity contribution in [1.29, 1.82) is 0 Å². The van der Waals surface area contributed by atoms with Crippen LogP contribution in [0.3, 0.4) is 0 Å². The summed E-state index contributed by atoms with van der Waals surface area (Å²) in [5.74, 6) is 0.791. The molecular weight excluding hydrogens is 244 g/mol. The van der Waals surface area contributed by atoms with Gasteiger partial charge in [0.2, 0.25) is 0 Å². The molecule has 0 N–H and O–H groups in total. The van der Waals surface area contributed by atoms with E-state index in [-0.39, 0.29) is 23.8 Å². The molecule has 3 rings (SSSR count). The van der Waals surface area contributed by atoms with E-state index < -0.39 is 5.41 Å². The normalized spacial score (nSPS) is 36.8. The Hall–Kier alpha value is -1.84. The summed E-state index contributed by atoms with van der Waals surface area (Å²) in [6.45, 7) is 7.55. The van der Waals surface area contributed by atoms with Gasteiger partial charge in [-0.3, -0.25) is 4.79 Å². The molecule has 0 aromatic carbocycles. The van der Waals surface area contributed by atoms with E-state index in [1.807, 2.05) is 19.9 Å². The Morgan fingerprint density at radius 3 is 2.89 bits per heavy atom. The Kier molecular flexibility index (Phi) is 2.46. The minimum Gasteiger partial charge on any atom is -0.465 e. The van der Waals surface area contributed by atoms with Crippen molar-refractivity contribution < 1.29 is 19.1 Å². The minimum atomic E-state index is -0.718. The first-order valence-corrected chi connectivity index (χ1v) is 6.50. The predicted octanol–water partition coefficient (Wildman–Crippen LogP) is 2.27. The summed E-state index contributed by atoms with van der Waals surface area (Å²) in [5, 5.41) is 0. The first-order chi connectivity index (χ1) is 8.95. The number of carbonyl (C=O) groups excluding carboxylic acids is 2. The van der Waals surface area contributed by atoms with Crippen LogP contribution in [-0.2, 0) is 19.1 Å². The average Bonchev–Trinajstić information content (AvgIpc) is 2.63. The molecule has 1 aliphatic carbocycles.